The predicted molar refractivity (Wildman–Crippen MR) is 81.2 cm³/mol. The molecule has 3 rings (SSSR count). The molecule has 0 aromatic heterocycles. The number of carboxylic acids is 1. The smallest absolute Gasteiger partial charge is 0.307 e. The Bertz CT molecular complexity index is 592. The molecule has 2 aromatic rings. The number of carbonyl (C=O) groups is 1. The van der Waals surface area contributed by atoms with Gasteiger partial charge in [-0.1, -0.05) is 42.5 Å². The third-order valence-electron chi connectivity index (χ3n) is 3.53. The third-order valence-corrected chi connectivity index (χ3v) is 4.89. The highest BCUT2D eigenvalue weighted by atomic mass is 32.2. The molecule has 1 aliphatic rings. The molecule has 2 nitrogen and oxygen atoms in total. The van der Waals surface area contributed by atoms with Gasteiger partial charge in [0.1, 0.15) is 0 Å². The molecule has 0 heterocycles. The van der Waals surface area contributed by atoms with E-state index in [1.807, 2.05) is 36.0 Å². The maximum Gasteiger partial charge on any atom is 0.307 e. The van der Waals surface area contributed by atoms with Crippen LogP contribution in [0.4, 0.5) is 0 Å². The van der Waals surface area contributed by atoms with Crippen molar-refractivity contribution in [3.05, 3.63) is 65.7 Å². The zero-order chi connectivity index (χ0) is 13.9. The van der Waals surface area contributed by atoms with Crippen molar-refractivity contribution in [1.29, 1.82) is 0 Å². The van der Waals surface area contributed by atoms with E-state index in [1.165, 1.54) is 16.9 Å². The Hall–Kier alpha value is -1.74. The van der Waals surface area contributed by atoms with Gasteiger partial charge in [-0.3, -0.25) is 4.79 Å². The van der Waals surface area contributed by atoms with E-state index in [1.54, 1.807) is 0 Å². The minimum absolute atomic E-state index is 0.0982. The van der Waals surface area contributed by atoms with Gasteiger partial charge in [0.25, 0.3) is 0 Å². The molecular weight excluding hydrogens is 268 g/mol. The van der Waals surface area contributed by atoms with Crippen LogP contribution in [0.5, 0.6) is 0 Å². The highest BCUT2D eigenvalue weighted by Gasteiger charge is 2.38. The van der Waals surface area contributed by atoms with E-state index < -0.39 is 5.97 Å². The maximum absolute atomic E-state index is 10.6. The van der Waals surface area contributed by atoms with Crippen molar-refractivity contribution in [3.63, 3.8) is 0 Å². The van der Waals surface area contributed by atoms with Gasteiger partial charge < -0.3 is 5.11 Å². The number of thioether (sulfide) groups is 1. The molecule has 3 heteroatoms. The summed E-state index contributed by atoms with van der Waals surface area (Å²) in [5.74, 6) is -0.114. The van der Waals surface area contributed by atoms with E-state index in [2.05, 4.69) is 30.3 Å². The van der Waals surface area contributed by atoms with Crippen LogP contribution in [0.1, 0.15) is 23.5 Å². The summed E-state index contributed by atoms with van der Waals surface area (Å²) in [4.78, 5) is 11.9. The first-order valence-corrected chi connectivity index (χ1v) is 7.62. The molecule has 0 saturated heterocycles. The highest BCUT2D eigenvalue weighted by molar-refractivity contribution is 8.00. The van der Waals surface area contributed by atoms with Crippen LogP contribution in [0.25, 0.3) is 0 Å². The Kier molecular flexibility index (Phi) is 3.79. The Morgan fingerprint density at radius 3 is 2.45 bits per heavy atom. The second-order valence-corrected chi connectivity index (χ2v) is 6.44. The van der Waals surface area contributed by atoms with Gasteiger partial charge in [0.05, 0.1) is 6.42 Å². The minimum Gasteiger partial charge on any atom is -0.481 e. The SMILES string of the molecule is O=C(O)Cc1ccc(SC2CC2c2ccccc2)cc1. The summed E-state index contributed by atoms with van der Waals surface area (Å²) in [5.41, 5.74) is 2.28. The first-order valence-electron chi connectivity index (χ1n) is 6.75. The van der Waals surface area contributed by atoms with Gasteiger partial charge in [0.15, 0.2) is 0 Å². The van der Waals surface area contributed by atoms with Crippen molar-refractivity contribution in [2.24, 2.45) is 0 Å². The van der Waals surface area contributed by atoms with Gasteiger partial charge in [-0.2, -0.15) is 0 Å². The average Bonchev–Trinajstić information content (AvgIpc) is 3.21. The van der Waals surface area contributed by atoms with Crippen LogP contribution in [0, 0.1) is 0 Å². The number of benzene rings is 2. The van der Waals surface area contributed by atoms with Crippen LogP contribution >= 0.6 is 11.8 Å². The van der Waals surface area contributed by atoms with E-state index in [9.17, 15) is 4.79 Å². The van der Waals surface area contributed by atoms with Crippen molar-refractivity contribution >= 4 is 17.7 Å². The fourth-order valence-electron chi connectivity index (χ4n) is 2.39. The van der Waals surface area contributed by atoms with Crippen molar-refractivity contribution in [1.82, 2.24) is 0 Å². The number of hydrogen-bond donors (Lipinski definition) is 1. The van der Waals surface area contributed by atoms with Gasteiger partial charge in [-0.25, -0.2) is 0 Å². The van der Waals surface area contributed by atoms with E-state index >= 15 is 0 Å². The molecule has 20 heavy (non-hydrogen) atoms. The van der Waals surface area contributed by atoms with E-state index in [0.29, 0.717) is 11.2 Å². The largest absolute Gasteiger partial charge is 0.481 e. The number of hydrogen-bond acceptors (Lipinski definition) is 2. The Morgan fingerprint density at radius 2 is 1.80 bits per heavy atom. The maximum atomic E-state index is 10.6. The number of aliphatic carboxylic acids is 1. The van der Waals surface area contributed by atoms with Crippen LogP contribution < -0.4 is 0 Å². The van der Waals surface area contributed by atoms with Gasteiger partial charge >= 0.3 is 5.97 Å². The second-order valence-electron chi connectivity index (χ2n) is 5.12. The molecule has 1 fully saturated rings. The topological polar surface area (TPSA) is 37.3 Å². The van der Waals surface area contributed by atoms with Crippen molar-refractivity contribution in [2.75, 3.05) is 0 Å². The van der Waals surface area contributed by atoms with Crippen LogP contribution in [0.2, 0.25) is 0 Å². The lowest BCUT2D eigenvalue weighted by Gasteiger charge is -2.03. The lowest BCUT2D eigenvalue weighted by atomic mass is 10.1. The zero-order valence-corrected chi connectivity index (χ0v) is 11.8. The molecule has 1 N–H and O–H groups in total. The summed E-state index contributed by atoms with van der Waals surface area (Å²) in [6, 6.07) is 18.5. The Morgan fingerprint density at radius 1 is 1.10 bits per heavy atom. The van der Waals surface area contributed by atoms with Crippen molar-refractivity contribution < 1.29 is 9.90 Å². The summed E-state index contributed by atoms with van der Waals surface area (Å²) < 4.78 is 0. The van der Waals surface area contributed by atoms with Gasteiger partial charge in [-0.15, -0.1) is 11.8 Å². The highest BCUT2D eigenvalue weighted by Crippen LogP contribution is 2.51. The average molecular weight is 284 g/mol. The van der Waals surface area contributed by atoms with Crippen LogP contribution in [-0.2, 0) is 11.2 Å². The summed E-state index contributed by atoms with van der Waals surface area (Å²) in [7, 11) is 0. The monoisotopic (exact) mass is 284 g/mol. The molecule has 2 aromatic carbocycles. The number of carboxylic acid groups (broad SMARTS) is 1. The molecule has 0 radical (unpaired) electrons. The molecular formula is C17H16O2S. The molecule has 0 spiro atoms. The first kappa shape index (κ1) is 13.3. The second kappa shape index (κ2) is 5.71. The Balaban J connectivity index is 1.58. The van der Waals surface area contributed by atoms with E-state index in [4.69, 9.17) is 5.11 Å². The standard InChI is InChI=1S/C17H16O2S/c18-17(19)10-12-6-8-14(9-7-12)20-16-11-15(16)13-4-2-1-3-5-13/h1-9,15-16H,10-11H2,(H,18,19). The number of rotatable bonds is 5. The molecule has 0 aliphatic heterocycles. The fraction of sp³-hybridized carbons (Fsp3) is 0.235. The lowest BCUT2D eigenvalue weighted by molar-refractivity contribution is -0.136. The molecule has 1 aliphatic carbocycles. The van der Waals surface area contributed by atoms with Crippen molar-refractivity contribution in [2.45, 2.75) is 28.9 Å². The van der Waals surface area contributed by atoms with Crippen LogP contribution in [0.3, 0.4) is 0 Å². The minimum atomic E-state index is -0.781. The third kappa shape index (κ3) is 3.23. The normalized spacial score (nSPS) is 20.6. The van der Waals surface area contributed by atoms with Crippen LogP contribution in [-0.4, -0.2) is 16.3 Å². The van der Waals surface area contributed by atoms with Crippen molar-refractivity contribution in [3.8, 4) is 0 Å². The quantitative estimate of drug-likeness (QED) is 0.903. The predicted octanol–water partition coefficient (Wildman–Crippen LogP) is 3.96. The molecule has 2 unspecified atom stereocenters. The van der Waals surface area contributed by atoms with Gasteiger partial charge in [0, 0.05) is 10.1 Å². The summed E-state index contributed by atoms with van der Waals surface area (Å²) in [5, 5.41) is 9.40. The fourth-order valence-corrected chi connectivity index (χ4v) is 3.66. The summed E-state index contributed by atoms with van der Waals surface area (Å²) in [6.45, 7) is 0. The van der Waals surface area contributed by atoms with Gasteiger partial charge in [0.2, 0.25) is 0 Å². The van der Waals surface area contributed by atoms with Gasteiger partial charge in [-0.05, 0) is 35.6 Å². The Labute approximate surface area is 122 Å². The van der Waals surface area contributed by atoms with E-state index in [0.717, 1.165) is 5.56 Å². The molecule has 1 saturated carbocycles. The molecule has 0 amide bonds. The molecule has 0 bridgehead atoms. The molecule has 102 valence electrons. The summed E-state index contributed by atoms with van der Waals surface area (Å²) in [6.07, 6.45) is 1.33. The van der Waals surface area contributed by atoms with E-state index in [-0.39, 0.29) is 6.42 Å². The summed E-state index contributed by atoms with van der Waals surface area (Å²) >= 11 is 1.89. The van der Waals surface area contributed by atoms with Crippen LogP contribution in [0.15, 0.2) is 59.5 Å². The first-order chi connectivity index (χ1) is 9.72. The zero-order valence-electron chi connectivity index (χ0n) is 11.0. The molecule has 2 atom stereocenters. The lowest BCUT2D eigenvalue weighted by Crippen LogP contribution is -1.99.